The third kappa shape index (κ3) is 4.67. The lowest BCUT2D eigenvalue weighted by atomic mass is 10.4. The monoisotopic (exact) mass is 348 g/mol. The first-order valence-electron chi connectivity index (χ1n) is 6.04. The van der Waals surface area contributed by atoms with Gasteiger partial charge in [-0.2, -0.15) is 4.31 Å². The first-order chi connectivity index (χ1) is 9.82. The van der Waals surface area contributed by atoms with Crippen LogP contribution in [0.25, 0.3) is 0 Å². The average Bonchev–Trinajstić information content (AvgIpc) is 2.85. The van der Waals surface area contributed by atoms with Crippen molar-refractivity contribution in [3.05, 3.63) is 41.8 Å². The van der Waals surface area contributed by atoms with Crippen molar-refractivity contribution in [1.82, 2.24) is 9.21 Å². The van der Waals surface area contributed by atoms with Crippen molar-refractivity contribution in [3.63, 3.8) is 0 Å². The highest BCUT2D eigenvalue weighted by Gasteiger charge is 2.26. The van der Waals surface area contributed by atoms with Crippen molar-refractivity contribution in [2.45, 2.75) is 4.21 Å². The number of amides is 1. The Bertz CT molecular complexity index is 615. The quantitative estimate of drug-likeness (QED) is 0.677. The fourth-order valence-electron chi connectivity index (χ4n) is 1.56. The maximum atomic E-state index is 12.3. The number of hydrogen-bond donors (Lipinski definition) is 0. The van der Waals surface area contributed by atoms with E-state index in [9.17, 15) is 13.2 Å². The summed E-state index contributed by atoms with van der Waals surface area (Å²) in [4.78, 5) is 13.6. The molecule has 0 aromatic carbocycles. The first-order valence-corrected chi connectivity index (χ1v) is 8.67. The van der Waals surface area contributed by atoms with Gasteiger partial charge in [-0.3, -0.25) is 4.79 Å². The number of nitrogens with zero attached hydrogens (tertiary/aromatic N) is 2. The minimum Gasteiger partial charge on any atom is -0.334 e. The maximum Gasteiger partial charge on any atom is 0.252 e. The summed E-state index contributed by atoms with van der Waals surface area (Å²) in [6.07, 6.45) is 3.16. The zero-order chi connectivity index (χ0) is 16.0. The summed E-state index contributed by atoms with van der Waals surface area (Å²) in [6.45, 7) is 7.56. The van der Waals surface area contributed by atoms with Crippen LogP contribution in [0, 0.1) is 0 Å². The molecule has 0 spiro atoms. The first kappa shape index (κ1) is 17.9. The van der Waals surface area contributed by atoms with E-state index >= 15 is 0 Å². The van der Waals surface area contributed by atoms with E-state index in [1.807, 2.05) is 0 Å². The van der Waals surface area contributed by atoms with Crippen molar-refractivity contribution < 1.29 is 13.2 Å². The Morgan fingerprint density at radius 3 is 2.33 bits per heavy atom. The van der Waals surface area contributed by atoms with Gasteiger partial charge in [0.15, 0.2) is 0 Å². The maximum absolute atomic E-state index is 12.3. The topological polar surface area (TPSA) is 57.7 Å². The normalized spacial score (nSPS) is 11.4. The lowest BCUT2D eigenvalue weighted by Crippen LogP contribution is -2.41. The number of halogens is 1. The molecule has 21 heavy (non-hydrogen) atoms. The van der Waals surface area contributed by atoms with Gasteiger partial charge in [0, 0.05) is 20.1 Å². The molecule has 0 aliphatic rings. The molecular weight excluding hydrogens is 332 g/mol. The standard InChI is InChI=1S/C13H17ClN2O3S2/c1-4-8-16(9-5-2)12(17)10-15(3)21(18,19)13-7-6-11(14)20-13/h4-7H,1-2,8-10H2,3H3. The SMILES string of the molecule is C=CCN(CC=C)C(=O)CN(C)S(=O)(=O)c1ccc(Cl)s1. The Morgan fingerprint density at radius 2 is 1.90 bits per heavy atom. The number of hydrogen-bond acceptors (Lipinski definition) is 4. The molecule has 0 unspecified atom stereocenters. The van der Waals surface area contributed by atoms with Crippen LogP contribution in [0.4, 0.5) is 0 Å². The van der Waals surface area contributed by atoms with E-state index < -0.39 is 10.0 Å². The van der Waals surface area contributed by atoms with Gasteiger partial charge in [0.25, 0.3) is 10.0 Å². The zero-order valence-electron chi connectivity index (χ0n) is 11.7. The van der Waals surface area contributed by atoms with Gasteiger partial charge < -0.3 is 4.90 Å². The van der Waals surface area contributed by atoms with Crippen LogP contribution in [0.2, 0.25) is 4.34 Å². The Balaban J connectivity index is 2.83. The molecule has 0 atom stereocenters. The molecule has 0 N–H and O–H groups in total. The number of rotatable bonds is 8. The molecule has 5 nitrogen and oxygen atoms in total. The Labute approximate surface area is 134 Å². The van der Waals surface area contributed by atoms with Crippen molar-refractivity contribution in [1.29, 1.82) is 0 Å². The van der Waals surface area contributed by atoms with Crippen LogP contribution in [0.5, 0.6) is 0 Å². The highest BCUT2D eigenvalue weighted by molar-refractivity contribution is 7.91. The number of thiophene rings is 1. The number of likely N-dealkylation sites (N-methyl/N-ethyl adjacent to an activating group) is 1. The third-order valence-corrected chi connectivity index (χ3v) is 6.12. The summed E-state index contributed by atoms with van der Waals surface area (Å²) >= 11 is 6.71. The highest BCUT2D eigenvalue weighted by Crippen LogP contribution is 2.27. The summed E-state index contributed by atoms with van der Waals surface area (Å²) < 4.78 is 26.1. The van der Waals surface area contributed by atoms with Crippen molar-refractivity contribution in [2.75, 3.05) is 26.7 Å². The van der Waals surface area contributed by atoms with Crippen LogP contribution in [-0.4, -0.2) is 50.2 Å². The summed E-state index contributed by atoms with van der Waals surface area (Å²) in [7, 11) is -2.35. The van der Waals surface area contributed by atoms with E-state index in [0.29, 0.717) is 17.4 Å². The molecule has 1 amide bonds. The van der Waals surface area contributed by atoms with E-state index in [4.69, 9.17) is 11.6 Å². The van der Waals surface area contributed by atoms with E-state index in [0.717, 1.165) is 15.6 Å². The van der Waals surface area contributed by atoms with Gasteiger partial charge in [0.2, 0.25) is 5.91 Å². The second-order valence-corrected chi connectivity index (χ2v) is 8.18. The highest BCUT2D eigenvalue weighted by atomic mass is 35.5. The van der Waals surface area contributed by atoms with Crippen LogP contribution in [-0.2, 0) is 14.8 Å². The predicted molar refractivity (Wildman–Crippen MR) is 86.1 cm³/mol. The summed E-state index contributed by atoms with van der Waals surface area (Å²) in [6, 6.07) is 2.94. The molecule has 1 aromatic heterocycles. The molecular formula is C13H17ClN2O3S2. The van der Waals surface area contributed by atoms with Gasteiger partial charge in [-0.15, -0.1) is 24.5 Å². The molecule has 0 bridgehead atoms. The fourth-order valence-corrected chi connectivity index (χ4v) is 4.37. The van der Waals surface area contributed by atoms with E-state index in [1.165, 1.54) is 24.1 Å². The van der Waals surface area contributed by atoms with E-state index in [2.05, 4.69) is 13.2 Å². The molecule has 116 valence electrons. The Kier molecular flexibility index (Phi) is 6.60. The predicted octanol–water partition coefficient (Wildman–Crippen LogP) is 2.22. The molecule has 1 aromatic rings. The Morgan fingerprint density at radius 1 is 1.33 bits per heavy atom. The van der Waals surface area contributed by atoms with Crippen LogP contribution < -0.4 is 0 Å². The number of sulfonamides is 1. The lowest BCUT2D eigenvalue weighted by molar-refractivity contribution is -0.130. The number of carbonyl (C=O) groups is 1. The fraction of sp³-hybridized carbons (Fsp3) is 0.308. The van der Waals surface area contributed by atoms with Gasteiger partial charge in [-0.1, -0.05) is 23.8 Å². The molecule has 1 heterocycles. The molecule has 1 rings (SSSR count). The summed E-state index contributed by atoms with van der Waals surface area (Å²) in [5, 5.41) is 0. The lowest BCUT2D eigenvalue weighted by Gasteiger charge is -2.22. The van der Waals surface area contributed by atoms with Crippen LogP contribution in [0.1, 0.15) is 0 Å². The minimum atomic E-state index is -3.71. The summed E-state index contributed by atoms with van der Waals surface area (Å²) in [5.74, 6) is -0.316. The van der Waals surface area contributed by atoms with Gasteiger partial charge in [0.05, 0.1) is 10.9 Å². The molecule has 0 aliphatic carbocycles. The molecule has 0 saturated heterocycles. The van der Waals surface area contributed by atoms with Gasteiger partial charge >= 0.3 is 0 Å². The van der Waals surface area contributed by atoms with Crippen molar-refractivity contribution in [3.8, 4) is 0 Å². The largest absolute Gasteiger partial charge is 0.334 e. The minimum absolute atomic E-state index is 0.113. The van der Waals surface area contributed by atoms with Crippen LogP contribution in [0.3, 0.4) is 0 Å². The van der Waals surface area contributed by atoms with Gasteiger partial charge in [-0.05, 0) is 12.1 Å². The van der Waals surface area contributed by atoms with Gasteiger partial charge in [0.1, 0.15) is 4.21 Å². The number of carbonyl (C=O) groups excluding carboxylic acids is 1. The molecule has 0 radical (unpaired) electrons. The van der Waals surface area contributed by atoms with Crippen molar-refractivity contribution in [2.24, 2.45) is 0 Å². The van der Waals surface area contributed by atoms with Crippen LogP contribution >= 0.6 is 22.9 Å². The zero-order valence-corrected chi connectivity index (χ0v) is 14.0. The second-order valence-electron chi connectivity index (χ2n) is 4.20. The van der Waals surface area contributed by atoms with E-state index in [-0.39, 0.29) is 16.7 Å². The van der Waals surface area contributed by atoms with E-state index in [1.54, 1.807) is 12.2 Å². The smallest absolute Gasteiger partial charge is 0.252 e. The van der Waals surface area contributed by atoms with Crippen LogP contribution in [0.15, 0.2) is 41.7 Å². The molecule has 8 heteroatoms. The molecule has 0 fully saturated rings. The third-order valence-electron chi connectivity index (χ3n) is 2.62. The summed E-state index contributed by atoms with van der Waals surface area (Å²) in [5.41, 5.74) is 0. The van der Waals surface area contributed by atoms with Gasteiger partial charge in [-0.25, -0.2) is 8.42 Å². The Hall–Kier alpha value is -1.15. The average molecular weight is 349 g/mol. The van der Waals surface area contributed by atoms with Crippen molar-refractivity contribution >= 4 is 38.9 Å². The molecule has 0 aliphatic heterocycles. The molecule has 0 saturated carbocycles. The second kappa shape index (κ2) is 7.74.